The number of nitrogens with zero attached hydrogens (tertiary/aromatic N) is 2. The molecule has 0 aliphatic rings. The first-order valence-electron chi connectivity index (χ1n) is 6.85. The number of hydrogen-bond acceptors (Lipinski definition) is 2. The molecule has 0 aliphatic heterocycles. The van der Waals surface area contributed by atoms with Crippen molar-refractivity contribution in [2.75, 3.05) is 7.05 Å². The van der Waals surface area contributed by atoms with Crippen LogP contribution in [0.5, 0.6) is 0 Å². The van der Waals surface area contributed by atoms with E-state index in [9.17, 15) is 0 Å². The second-order valence-corrected chi connectivity index (χ2v) is 5.62. The molecule has 19 heavy (non-hydrogen) atoms. The van der Waals surface area contributed by atoms with Crippen molar-refractivity contribution in [1.29, 1.82) is 0 Å². The van der Waals surface area contributed by atoms with Crippen molar-refractivity contribution < 1.29 is 0 Å². The van der Waals surface area contributed by atoms with Gasteiger partial charge in [0.05, 0.1) is 11.9 Å². The zero-order valence-corrected chi connectivity index (χ0v) is 12.2. The van der Waals surface area contributed by atoms with Gasteiger partial charge >= 0.3 is 0 Å². The van der Waals surface area contributed by atoms with Gasteiger partial charge in [-0.3, -0.25) is 0 Å². The molecule has 0 radical (unpaired) electrons. The fraction of sp³-hybridized carbons (Fsp3) is 0.438. The average Bonchev–Trinajstić information content (AvgIpc) is 2.90. The lowest BCUT2D eigenvalue weighted by Gasteiger charge is -2.32. The molecule has 0 spiro atoms. The first-order chi connectivity index (χ1) is 9.08. The fourth-order valence-corrected chi connectivity index (χ4v) is 2.42. The van der Waals surface area contributed by atoms with Crippen LogP contribution in [-0.4, -0.2) is 16.8 Å². The molecule has 1 N–H and O–H groups in total. The maximum Gasteiger partial charge on any atom is 0.0645 e. The number of benzene rings is 1. The Morgan fingerprint density at radius 1 is 1.26 bits per heavy atom. The number of aromatic nitrogens is 2. The van der Waals surface area contributed by atoms with Crippen molar-refractivity contribution in [3.8, 4) is 5.69 Å². The molecular weight excluding hydrogens is 234 g/mol. The summed E-state index contributed by atoms with van der Waals surface area (Å²) < 4.78 is 1.94. The summed E-state index contributed by atoms with van der Waals surface area (Å²) in [5.41, 5.74) is 2.54. The molecule has 3 heteroatoms. The lowest BCUT2D eigenvalue weighted by Crippen LogP contribution is -2.31. The molecule has 0 fully saturated rings. The molecule has 0 amide bonds. The Morgan fingerprint density at radius 3 is 2.53 bits per heavy atom. The van der Waals surface area contributed by atoms with E-state index < -0.39 is 0 Å². The van der Waals surface area contributed by atoms with E-state index in [1.54, 1.807) is 0 Å². The Balaban J connectivity index is 2.30. The number of para-hydroxylation sites is 1. The maximum atomic E-state index is 4.48. The maximum absolute atomic E-state index is 4.48. The lowest BCUT2D eigenvalue weighted by atomic mass is 9.79. The highest BCUT2D eigenvalue weighted by atomic mass is 15.3. The molecule has 1 heterocycles. The van der Waals surface area contributed by atoms with Crippen LogP contribution in [-0.2, 0) is 0 Å². The summed E-state index contributed by atoms with van der Waals surface area (Å²) in [5.74, 6) is 0. The van der Waals surface area contributed by atoms with E-state index in [2.05, 4.69) is 49.5 Å². The van der Waals surface area contributed by atoms with Crippen molar-refractivity contribution in [1.82, 2.24) is 15.1 Å². The normalized spacial score (nSPS) is 13.5. The van der Waals surface area contributed by atoms with Crippen molar-refractivity contribution in [2.45, 2.75) is 33.2 Å². The summed E-state index contributed by atoms with van der Waals surface area (Å²) in [6.07, 6.45) is 5.20. The third-order valence-corrected chi connectivity index (χ3v) is 3.94. The molecule has 1 aromatic heterocycles. The molecule has 1 aromatic carbocycles. The van der Waals surface area contributed by atoms with Crippen molar-refractivity contribution >= 4 is 0 Å². The van der Waals surface area contributed by atoms with Gasteiger partial charge in [0, 0.05) is 17.8 Å². The summed E-state index contributed by atoms with van der Waals surface area (Å²) in [7, 11) is 2.02. The minimum Gasteiger partial charge on any atom is -0.312 e. The number of hydrogen-bond donors (Lipinski definition) is 1. The second-order valence-electron chi connectivity index (χ2n) is 5.62. The van der Waals surface area contributed by atoms with E-state index in [-0.39, 0.29) is 5.41 Å². The standard InChI is InChI=1S/C16H23N3/c1-5-16(2,3)15(17-4)13-11-18-19(12-13)14-9-7-6-8-10-14/h6-12,15,17H,5H2,1-4H3. The van der Waals surface area contributed by atoms with E-state index >= 15 is 0 Å². The monoisotopic (exact) mass is 257 g/mol. The zero-order chi connectivity index (χ0) is 13.9. The Morgan fingerprint density at radius 2 is 1.95 bits per heavy atom. The highest BCUT2D eigenvalue weighted by Gasteiger charge is 2.28. The highest BCUT2D eigenvalue weighted by Crippen LogP contribution is 2.35. The zero-order valence-electron chi connectivity index (χ0n) is 12.2. The predicted molar refractivity (Wildman–Crippen MR) is 79.4 cm³/mol. The summed E-state index contributed by atoms with van der Waals surface area (Å²) in [4.78, 5) is 0. The average molecular weight is 257 g/mol. The quantitative estimate of drug-likeness (QED) is 0.887. The molecule has 0 saturated heterocycles. The van der Waals surface area contributed by atoms with E-state index in [0.717, 1.165) is 12.1 Å². The molecule has 0 aliphatic carbocycles. The van der Waals surface area contributed by atoms with E-state index in [1.807, 2.05) is 36.1 Å². The van der Waals surface area contributed by atoms with Crippen LogP contribution >= 0.6 is 0 Å². The summed E-state index contributed by atoms with van der Waals surface area (Å²) >= 11 is 0. The Bertz CT molecular complexity index is 514. The Kier molecular flexibility index (Phi) is 4.05. The van der Waals surface area contributed by atoms with Crippen LogP contribution in [0.2, 0.25) is 0 Å². The molecular formula is C16H23N3. The van der Waals surface area contributed by atoms with E-state index in [1.165, 1.54) is 5.56 Å². The van der Waals surface area contributed by atoms with Gasteiger partial charge in [-0.25, -0.2) is 4.68 Å². The Hall–Kier alpha value is -1.61. The van der Waals surface area contributed by atoms with Gasteiger partial charge in [0.2, 0.25) is 0 Å². The minimum atomic E-state index is 0.208. The number of nitrogens with one attached hydrogen (secondary N) is 1. The van der Waals surface area contributed by atoms with Crippen LogP contribution in [0.1, 0.15) is 38.8 Å². The lowest BCUT2D eigenvalue weighted by molar-refractivity contribution is 0.245. The van der Waals surface area contributed by atoms with Gasteiger partial charge in [0.1, 0.15) is 0 Å². The molecule has 1 atom stereocenters. The second kappa shape index (κ2) is 5.57. The smallest absolute Gasteiger partial charge is 0.0645 e. The van der Waals surface area contributed by atoms with Gasteiger partial charge in [-0.05, 0) is 31.0 Å². The van der Waals surface area contributed by atoms with Crippen LogP contribution in [0.3, 0.4) is 0 Å². The summed E-state index contributed by atoms with van der Waals surface area (Å²) in [6.45, 7) is 6.80. The fourth-order valence-electron chi connectivity index (χ4n) is 2.42. The van der Waals surface area contributed by atoms with Gasteiger partial charge in [-0.15, -0.1) is 0 Å². The molecule has 2 aromatic rings. The van der Waals surface area contributed by atoms with Crippen molar-refractivity contribution in [3.05, 3.63) is 48.3 Å². The van der Waals surface area contributed by atoms with E-state index in [0.29, 0.717) is 6.04 Å². The summed E-state index contributed by atoms with van der Waals surface area (Å²) in [5, 5.41) is 7.90. The molecule has 0 bridgehead atoms. The van der Waals surface area contributed by atoms with Gasteiger partial charge in [0.15, 0.2) is 0 Å². The van der Waals surface area contributed by atoms with Crippen molar-refractivity contribution in [3.63, 3.8) is 0 Å². The SMILES string of the molecule is CCC(C)(C)C(NC)c1cnn(-c2ccccc2)c1. The first-order valence-corrected chi connectivity index (χ1v) is 6.85. The highest BCUT2D eigenvalue weighted by molar-refractivity contribution is 5.31. The number of rotatable bonds is 5. The van der Waals surface area contributed by atoms with Gasteiger partial charge < -0.3 is 5.32 Å². The van der Waals surface area contributed by atoms with Crippen LogP contribution in [0.15, 0.2) is 42.7 Å². The topological polar surface area (TPSA) is 29.9 Å². The molecule has 0 saturated carbocycles. The van der Waals surface area contributed by atoms with Crippen molar-refractivity contribution in [2.24, 2.45) is 5.41 Å². The van der Waals surface area contributed by atoms with Gasteiger partial charge in [-0.2, -0.15) is 5.10 Å². The largest absolute Gasteiger partial charge is 0.312 e. The molecule has 1 unspecified atom stereocenters. The van der Waals surface area contributed by atoms with Crippen LogP contribution in [0.4, 0.5) is 0 Å². The van der Waals surface area contributed by atoms with Crippen LogP contribution in [0.25, 0.3) is 5.69 Å². The third kappa shape index (κ3) is 2.87. The van der Waals surface area contributed by atoms with Crippen LogP contribution in [0, 0.1) is 5.41 Å². The summed E-state index contributed by atoms with van der Waals surface area (Å²) in [6, 6.07) is 10.5. The third-order valence-electron chi connectivity index (χ3n) is 3.94. The minimum absolute atomic E-state index is 0.208. The van der Waals surface area contributed by atoms with E-state index in [4.69, 9.17) is 0 Å². The van der Waals surface area contributed by atoms with Crippen LogP contribution < -0.4 is 5.32 Å². The molecule has 3 nitrogen and oxygen atoms in total. The molecule has 102 valence electrons. The van der Waals surface area contributed by atoms with Gasteiger partial charge in [0.25, 0.3) is 0 Å². The Labute approximate surface area is 115 Å². The first kappa shape index (κ1) is 13.8. The predicted octanol–water partition coefficient (Wildman–Crippen LogP) is 3.57. The van der Waals surface area contributed by atoms with Gasteiger partial charge in [-0.1, -0.05) is 39.0 Å². The molecule has 2 rings (SSSR count).